The maximum atomic E-state index is 12.2. The van der Waals surface area contributed by atoms with Gasteiger partial charge >= 0.3 is 6.03 Å². The highest BCUT2D eigenvalue weighted by atomic mass is 16.3. The van der Waals surface area contributed by atoms with E-state index in [-0.39, 0.29) is 18.7 Å². The first-order chi connectivity index (χ1) is 8.31. The first-order valence-corrected chi connectivity index (χ1v) is 6.99. The van der Waals surface area contributed by atoms with Gasteiger partial charge in [0.2, 0.25) is 0 Å². The number of carbonyl (C=O) groups is 1. The maximum Gasteiger partial charge on any atom is 0.317 e. The highest BCUT2D eigenvalue weighted by Gasteiger charge is 2.27. The predicted octanol–water partition coefficient (Wildman–Crippen LogP) is 1.88. The molecule has 2 fully saturated rings. The Hall–Kier alpha value is -0.770. The molecule has 4 nitrogen and oxygen atoms in total. The van der Waals surface area contributed by atoms with Crippen molar-refractivity contribution in [3.05, 3.63) is 0 Å². The van der Waals surface area contributed by atoms with Crippen molar-refractivity contribution in [3.63, 3.8) is 0 Å². The Bertz CT molecular complexity index is 252. The second kappa shape index (κ2) is 6.24. The number of rotatable bonds is 2. The third-order valence-electron chi connectivity index (χ3n) is 4.03. The number of aliphatic hydroxyl groups is 1. The Labute approximate surface area is 103 Å². The molecule has 2 aliphatic rings. The summed E-state index contributed by atoms with van der Waals surface area (Å²) in [6.45, 7) is 0.891. The molecular weight excluding hydrogens is 216 g/mol. The number of carbonyl (C=O) groups excluding carboxylic acids is 1. The van der Waals surface area contributed by atoms with Gasteiger partial charge in [0.25, 0.3) is 0 Å². The molecule has 0 aromatic heterocycles. The third-order valence-corrected chi connectivity index (χ3v) is 4.03. The fourth-order valence-corrected chi connectivity index (χ4v) is 2.96. The van der Waals surface area contributed by atoms with E-state index in [1.165, 1.54) is 19.3 Å². The van der Waals surface area contributed by atoms with E-state index in [9.17, 15) is 9.90 Å². The van der Waals surface area contributed by atoms with Crippen LogP contribution in [0.5, 0.6) is 0 Å². The van der Waals surface area contributed by atoms with Gasteiger partial charge < -0.3 is 15.3 Å². The number of nitrogens with one attached hydrogen (secondary N) is 1. The van der Waals surface area contributed by atoms with Crippen LogP contribution in [0.4, 0.5) is 4.79 Å². The fourth-order valence-electron chi connectivity index (χ4n) is 2.96. The van der Waals surface area contributed by atoms with Crippen LogP contribution in [0.25, 0.3) is 0 Å². The van der Waals surface area contributed by atoms with Crippen molar-refractivity contribution >= 4 is 6.03 Å². The Morgan fingerprint density at radius 2 is 1.82 bits per heavy atom. The lowest BCUT2D eigenvalue weighted by atomic mass is 10.1. The molecule has 0 radical (unpaired) electrons. The summed E-state index contributed by atoms with van der Waals surface area (Å²) in [5.74, 6) is 0. The molecule has 1 atom stereocenters. The lowest BCUT2D eigenvalue weighted by Gasteiger charge is -2.30. The Morgan fingerprint density at radius 3 is 2.53 bits per heavy atom. The molecule has 0 bridgehead atoms. The molecule has 2 rings (SSSR count). The first kappa shape index (κ1) is 12.7. The topological polar surface area (TPSA) is 52.6 Å². The molecule has 1 aliphatic carbocycles. The van der Waals surface area contributed by atoms with Crippen molar-refractivity contribution in [1.82, 2.24) is 10.2 Å². The number of hydrogen-bond donors (Lipinski definition) is 2. The molecule has 1 heterocycles. The van der Waals surface area contributed by atoms with Crippen LogP contribution < -0.4 is 5.32 Å². The average molecular weight is 240 g/mol. The van der Waals surface area contributed by atoms with Gasteiger partial charge in [0.15, 0.2) is 0 Å². The van der Waals surface area contributed by atoms with Crippen molar-refractivity contribution in [1.29, 1.82) is 0 Å². The van der Waals surface area contributed by atoms with Crippen LogP contribution in [-0.4, -0.2) is 41.3 Å². The average Bonchev–Trinajstić information content (AvgIpc) is 2.71. The van der Waals surface area contributed by atoms with Crippen molar-refractivity contribution in [2.45, 2.75) is 63.5 Å². The van der Waals surface area contributed by atoms with Gasteiger partial charge in [-0.15, -0.1) is 0 Å². The summed E-state index contributed by atoms with van der Waals surface area (Å²) in [6.07, 6.45) is 8.99. The number of amides is 2. The van der Waals surface area contributed by atoms with Crippen LogP contribution in [0, 0.1) is 0 Å². The molecule has 0 aromatic carbocycles. The lowest BCUT2D eigenvalue weighted by molar-refractivity contribution is 0.132. The van der Waals surface area contributed by atoms with Crippen LogP contribution in [0.3, 0.4) is 0 Å². The summed E-state index contributed by atoms with van der Waals surface area (Å²) < 4.78 is 0. The molecule has 1 saturated heterocycles. The van der Waals surface area contributed by atoms with E-state index in [2.05, 4.69) is 5.32 Å². The standard InChI is InChI=1S/C13H24N2O2/c16-10-12-8-2-1-5-9-15(12)13(17)14-11-6-3-4-7-11/h11-12,16H,1-10H2,(H,14,17). The monoisotopic (exact) mass is 240 g/mol. The minimum absolute atomic E-state index is 0.0268. The van der Waals surface area contributed by atoms with Crippen molar-refractivity contribution in [2.75, 3.05) is 13.2 Å². The molecule has 98 valence electrons. The predicted molar refractivity (Wildman–Crippen MR) is 66.8 cm³/mol. The zero-order chi connectivity index (χ0) is 12.1. The van der Waals surface area contributed by atoms with Gasteiger partial charge in [-0.2, -0.15) is 0 Å². The second-order valence-electron chi connectivity index (χ2n) is 5.31. The van der Waals surface area contributed by atoms with E-state index in [4.69, 9.17) is 0 Å². The molecule has 0 spiro atoms. The molecule has 2 amide bonds. The summed E-state index contributed by atoms with van der Waals surface area (Å²) in [5.41, 5.74) is 0. The highest BCUT2D eigenvalue weighted by Crippen LogP contribution is 2.20. The van der Waals surface area contributed by atoms with Crippen LogP contribution in [0.1, 0.15) is 51.4 Å². The Kier molecular flexibility index (Phi) is 4.66. The largest absolute Gasteiger partial charge is 0.394 e. The van der Waals surface area contributed by atoms with Crippen molar-refractivity contribution in [2.24, 2.45) is 0 Å². The zero-order valence-corrected chi connectivity index (χ0v) is 10.5. The van der Waals surface area contributed by atoms with Crippen molar-refractivity contribution < 1.29 is 9.90 Å². The second-order valence-corrected chi connectivity index (χ2v) is 5.31. The molecule has 2 N–H and O–H groups in total. The summed E-state index contributed by atoms with van der Waals surface area (Å²) in [4.78, 5) is 14.0. The third kappa shape index (κ3) is 3.35. The van der Waals surface area contributed by atoms with Gasteiger partial charge in [-0.25, -0.2) is 4.79 Å². The van der Waals surface area contributed by atoms with Crippen LogP contribution in [0.2, 0.25) is 0 Å². The molecular formula is C13H24N2O2. The van der Waals surface area contributed by atoms with Crippen molar-refractivity contribution in [3.8, 4) is 0 Å². The minimum Gasteiger partial charge on any atom is -0.394 e. The normalized spacial score (nSPS) is 26.9. The number of nitrogens with zero attached hydrogens (tertiary/aromatic N) is 1. The molecule has 1 aliphatic heterocycles. The van der Waals surface area contributed by atoms with E-state index in [0.29, 0.717) is 6.04 Å². The maximum absolute atomic E-state index is 12.2. The molecule has 0 aromatic rings. The quantitative estimate of drug-likeness (QED) is 0.774. The summed E-state index contributed by atoms with van der Waals surface area (Å²) >= 11 is 0. The van der Waals surface area contributed by atoms with E-state index >= 15 is 0 Å². The van der Waals surface area contributed by atoms with Gasteiger partial charge in [0.05, 0.1) is 12.6 Å². The lowest BCUT2D eigenvalue weighted by Crippen LogP contribution is -2.49. The Morgan fingerprint density at radius 1 is 1.12 bits per heavy atom. The summed E-state index contributed by atoms with van der Waals surface area (Å²) in [7, 11) is 0. The van der Waals surface area contributed by atoms with Gasteiger partial charge in [-0.3, -0.25) is 0 Å². The molecule has 1 unspecified atom stereocenters. The van der Waals surface area contributed by atoms with Gasteiger partial charge in [0, 0.05) is 12.6 Å². The van der Waals surface area contributed by atoms with E-state index in [0.717, 1.165) is 38.6 Å². The first-order valence-electron chi connectivity index (χ1n) is 6.99. The Balaban J connectivity index is 1.89. The minimum atomic E-state index is 0.0268. The fraction of sp³-hybridized carbons (Fsp3) is 0.923. The van der Waals surface area contributed by atoms with Crippen LogP contribution >= 0.6 is 0 Å². The van der Waals surface area contributed by atoms with Gasteiger partial charge in [-0.1, -0.05) is 25.7 Å². The van der Waals surface area contributed by atoms with Crippen LogP contribution in [0.15, 0.2) is 0 Å². The molecule has 17 heavy (non-hydrogen) atoms. The van der Waals surface area contributed by atoms with Crippen LogP contribution in [-0.2, 0) is 0 Å². The SMILES string of the molecule is O=C(NC1CCCC1)N1CCCCCC1CO. The van der Waals surface area contributed by atoms with E-state index in [1.54, 1.807) is 0 Å². The summed E-state index contributed by atoms with van der Waals surface area (Å²) in [6, 6.07) is 0.432. The number of urea groups is 1. The summed E-state index contributed by atoms with van der Waals surface area (Å²) in [5, 5.41) is 12.5. The van der Waals surface area contributed by atoms with E-state index < -0.39 is 0 Å². The van der Waals surface area contributed by atoms with Gasteiger partial charge in [0.1, 0.15) is 0 Å². The zero-order valence-electron chi connectivity index (χ0n) is 10.5. The number of aliphatic hydroxyl groups excluding tert-OH is 1. The van der Waals surface area contributed by atoms with E-state index in [1.807, 2.05) is 4.90 Å². The van der Waals surface area contributed by atoms with Gasteiger partial charge in [-0.05, 0) is 25.7 Å². The molecule has 1 saturated carbocycles. The number of hydrogen-bond acceptors (Lipinski definition) is 2. The number of likely N-dealkylation sites (tertiary alicyclic amines) is 1. The highest BCUT2D eigenvalue weighted by molar-refractivity contribution is 5.75. The smallest absolute Gasteiger partial charge is 0.317 e. The molecule has 4 heteroatoms.